The zero-order chi connectivity index (χ0) is 12.1. The number of phenolic OH excluding ortho intramolecular Hbond substituents is 1. The number of nitrogens with one attached hydrogen (secondary N) is 1. The van der Waals surface area contributed by atoms with E-state index in [1.807, 2.05) is 0 Å². The Balaban J connectivity index is 2.64. The molecular formula is C13H20FNO. The summed E-state index contributed by atoms with van der Waals surface area (Å²) in [5, 5.41) is 12.8. The van der Waals surface area contributed by atoms with Crippen molar-refractivity contribution in [3.63, 3.8) is 0 Å². The Morgan fingerprint density at radius 2 is 2.06 bits per heavy atom. The van der Waals surface area contributed by atoms with Gasteiger partial charge in [0.05, 0.1) is 0 Å². The van der Waals surface area contributed by atoms with Gasteiger partial charge in [0.25, 0.3) is 0 Å². The van der Waals surface area contributed by atoms with E-state index < -0.39 is 5.82 Å². The molecule has 2 N–H and O–H groups in total. The molecule has 0 aliphatic rings. The summed E-state index contributed by atoms with van der Waals surface area (Å²) in [4.78, 5) is 0. The van der Waals surface area contributed by atoms with E-state index in [0.717, 1.165) is 6.42 Å². The molecule has 0 aromatic heterocycles. The van der Waals surface area contributed by atoms with Crippen LogP contribution in [0.5, 0.6) is 5.75 Å². The fourth-order valence-electron chi connectivity index (χ4n) is 1.80. The van der Waals surface area contributed by atoms with Gasteiger partial charge in [0.2, 0.25) is 0 Å². The molecule has 0 saturated carbocycles. The monoisotopic (exact) mass is 225 g/mol. The van der Waals surface area contributed by atoms with Crippen molar-refractivity contribution < 1.29 is 9.50 Å². The summed E-state index contributed by atoms with van der Waals surface area (Å²) in [5.41, 5.74) is 0.610. The molecule has 0 amide bonds. The minimum atomic E-state index is -0.558. The molecule has 2 nitrogen and oxygen atoms in total. The lowest BCUT2D eigenvalue weighted by atomic mass is 10.0. The number of halogens is 1. The molecule has 0 saturated heterocycles. The summed E-state index contributed by atoms with van der Waals surface area (Å²) < 4.78 is 13.1. The lowest BCUT2D eigenvalue weighted by molar-refractivity contribution is 0.377. The maximum atomic E-state index is 13.1. The van der Waals surface area contributed by atoms with Gasteiger partial charge in [-0.15, -0.1) is 0 Å². The molecule has 1 atom stereocenters. The Kier molecular flexibility index (Phi) is 4.74. The number of aromatic hydroxyl groups is 1. The fraction of sp³-hybridized carbons (Fsp3) is 0.538. The van der Waals surface area contributed by atoms with Gasteiger partial charge in [0, 0.05) is 18.2 Å². The van der Waals surface area contributed by atoms with Gasteiger partial charge in [-0.25, -0.2) is 4.39 Å². The Morgan fingerprint density at radius 1 is 1.38 bits per heavy atom. The second-order valence-electron chi connectivity index (χ2n) is 4.39. The van der Waals surface area contributed by atoms with Gasteiger partial charge in [-0.3, -0.25) is 0 Å². The van der Waals surface area contributed by atoms with Crippen LogP contribution < -0.4 is 5.32 Å². The molecule has 0 heterocycles. The lowest BCUT2D eigenvalue weighted by Gasteiger charge is -2.21. The van der Waals surface area contributed by atoms with Crippen molar-refractivity contribution >= 4 is 0 Å². The maximum absolute atomic E-state index is 13.1. The summed E-state index contributed by atoms with van der Waals surface area (Å²) in [7, 11) is 0. The van der Waals surface area contributed by atoms with Crippen molar-refractivity contribution in [2.24, 2.45) is 5.92 Å². The standard InChI is InChI=1S/C13H20FNO/c1-4-12(9(2)3)15-8-10-6-5-7-11(14)13(10)16/h5-7,9,12,15-16H,4,8H2,1-3H3. The summed E-state index contributed by atoms with van der Waals surface area (Å²) in [6, 6.07) is 5.00. The van der Waals surface area contributed by atoms with E-state index >= 15 is 0 Å². The summed E-state index contributed by atoms with van der Waals surface area (Å²) in [6.07, 6.45) is 1.02. The molecule has 0 bridgehead atoms. The predicted octanol–water partition coefficient (Wildman–Crippen LogP) is 3.06. The van der Waals surface area contributed by atoms with E-state index in [9.17, 15) is 9.50 Å². The molecular weight excluding hydrogens is 205 g/mol. The van der Waals surface area contributed by atoms with Crippen molar-refractivity contribution in [2.45, 2.75) is 39.8 Å². The highest BCUT2D eigenvalue weighted by Gasteiger charge is 2.12. The Morgan fingerprint density at radius 3 is 2.62 bits per heavy atom. The van der Waals surface area contributed by atoms with Crippen molar-refractivity contribution in [1.82, 2.24) is 5.32 Å². The second kappa shape index (κ2) is 5.85. The molecule has 1 rings (SSSR count). The van der Waals surface area contributed by atoms with Crippen LogP contribution in [0.15, 0.2) is 18.2 Å². The number of phenols is 1. The van der Waals surface area contributed by atoms with Gasteiger partial charge in [0.1, 0.15) is 0 Å². The molecule has 0 aliphatic heterocycles. The van der Waals surface area contributed by atoms with E-state index in [4.69, 9.17) is 0 Å². The van der Waals surface area contributed by atoms with Crippen LogP contribution in [-0.2, 0) is 6.54 Å². The number of hydrogen-bond acceptors (Lipinski definition) is 2. The average molecular weight is 225 g/mol. The molecule has 3 heteroatoms. The van der Waals surface area contributed by atoms with Crippen LogP contribution in [0.4, 0.5) is 4.39 Å². The summed E-state index contributed by atoms with van der Waals surface area (Å²) >= 11 is 0. The molecule has 1 aromatic rings. The van der Waals surface area contributed by atoms with Crippen LogP contribution >= 0.6 is 0 Å². The largest absolute Gasteiger partial charge is 0.505 e. The van der Waals surface area contributed by atoms with Crippen LogP contribution in [0, 0.1) is 11.7 Å². The summed E-state index contributed by atoms with van der Waals surface area (Å²) in [6.45, 7) is 6.91. The number of para-hydroxylation sites is 1. The highest BCUT2D eigenvalue weighted by molar-refractivity contribution is 5.33. The van der Waals surface area contributed by atoms with Gasteiger partial charge in [-0.05, 0) is 18.4 Å². The minimum absolute atomic E-state index is 0.242. The molecule has 1 unspecified atom stereocenters. The van der Waals surface area contributed by atoms with Crippen molar-refractivity contribution in [3.8, 4) is 5.75 Å². The quantitative estimate of drug-likeness (QED) is 0.807. The molecule has 16 heavy (non-hydrogen) atoms. The number of benzene rings is 1. The summed E-state index contributed by atoms with van der Waals surface area (Å²) in [5.74, 6) is -0.272. The van der Waals surface area contributed by atoms with Gasteiger partial charge >= 0.3 is 0 Å². The van der Waals surface area contributed by atoms with Crippen LogP contribution in [0.25, 0.3) is 0 Å². The zero-order valence-corrected chi connectivity index (χ0v) is 10.1. The molecule has 0 fully saturated rings. The molecule has 90 valence electrons. The Hall–Kier alpha value is -1.09. The van der Waals surface area contributed by atoms with Crippen LogP contribution in [0.2, 0.25) is 0 Å². The molecule has 1 aromatic carbocycles. The first-order chi connectivity index (χ1) is 7.56. The third-order valence-corrected chi connectivity index (χ3v) is 2.87. The first-order valence-corrected chi connectivity index (χ1v) is 5.76. The SMILES string of the molecule is CCC(NCc1cccc(F)c1O)C(C)C. The maximum Gasteiger partial charge on any atom is 0.165 e. The average Bonchev–Trinajstić information content (AvgIpc) is 2.24. The van der Waals surface area contributed by atoms with Crippen molar-refractivity contribution in [3.05, 3.63) is 29.6 Å². The molecule has 0 radical (unpaired) electrons. The highest BCUT2D eigenvalue weighted by Crippen LogP contribution is 2.20. The van der Waals surface area contributed by atoms with Crippen molar-refractivity contribution in [2.75, 3.05) is 0 Å². The van der Waals surface area contributed by atoms with E-state index in [2.05, 4.69) is 26.1 Å². The van der Waals surface area contributed by atoms with E-state index in [-0.39, 0.29) is 5.75 Å². The van der Waals surface area contributed by atoms with Gasteiger partial charge in [-0.1, -0.05) is 32.9 Å². The van der Waals surface area contributed by atoms with E-state index in [1.165, 1.54) is 6.07 Å². The van der Waals surface area contributed by atoms with Gasteiger partial charge in [0.15, 0.2) is 11.6 Å². The predicted molar refractivity (Wildman–Crippen MR) is 63.8 cm³/mol. The Labute approximate surface area is 96.5 Å². The van der Waals surface area contributed by atoms with Gasteiger partial charge in [-0.2, -0.15) is 0 Å². The zero-order valence-electron chi connectivity index (χ0n) is 10.1. The van der Waals surface area contributed by atoms with Gasteiger partial charge < -0.3 is 10.4 Å². The fourth-order valence-corrected chi connectivity index (χ4v) is 1.80. The number of rotatable bonds is 5. The van der Waals surface area contributed by atoms with Crippen LogP contribution in [-0.4, -0.2) is 11.1 Å². The first-order valence-electron chi connectivity index (χ1n) is 5.76. The third-order valence-electron chi connectivity index (χ3n) is 2.87. The first kappa shape index (κ1) is 13.0. The van der Waals surface area contributed by atoms with Crippen LogP contribution in [0.1, 0.15) is 32.8 Å². The lowest BCUT2D eigenvalue weighted by Crippen LogP contribution is -2.32. The number of hydrogen-bond donors (Lipinski definition) is 2. The van der Waals surface area contributed by atoms with Crippen LogP contribution in [0.3, 0.4) is 0 Å². The third kappa shape index (κ3) is 3.20. The van der Waals surface area contributed by atoms with E-state index in [0.29, 0.717) is 24.1 Å². The Bertz CT molecular complexity index is 339. The highest BCUT2D eigenvalue weighted by atomic mass is 19.1. The van der Waals surface area contributed by atoms with E-state index in [1.54, 1.807) is 12.1 Å². The topological polar surface area (TPSA) is 32.3 Å². The minimum Gasteiger partial charge on any atom is -0.505 e. The molecule has 0 aliphatic carbocycles. The smallest absolute Gasteiger partial charge is 0.165 e. The molecule has 0 spiro atoms. The normalized spacial score (nSPS) is 13.1. The van der Waals surface area contributed by atoms with Crippen molar-refractivity contribution in [1.29, 1.82) is 0 Å². The second-order valence-corrected chi connectivity index (χ2v) is 4.39.